The molecule has 198 valence electrons. The Morgan fingerprint density at radius 2 is 1.64 bits per heavy atom. The third-order valence-corrected chi connectivity index (χ3v) is 7.49. The molecule has 2 aromatic rings. The molecule has 0 spiro atoms. The number of nitrogens with zero attached hydrogens (tertiary/aromatic N) is 3. The van der Waals surface area contributed by atoms with Crippen molar-refractivity contribution in [2.75, 3.05) is 31.5 Å². The number of aryl methyl sites for hydroxylation is 1. The van der Waals surface area contributed by atoms with Gasteiger partial charge in [-0.2, -0.15) is 12.7 Å². The molecule has 0 aliphatic rings. The molecule has 0 saturated heterocycles. The number of para-hydroxylation sites is 1. The van der Waals surface area contributed by atoms with Crippen LogP contribution in [0.2, 0.25) is 0 Å². The predicted octanol–water partition coefficient (Wildman–Crippen LogP) is 3.33. The number of hydrogen-bond donors (Lipinski definition) is 1. The van der Waals surface area contributed by atoms with Crippen LogP contribution >= 0.6 is 0 Å². The third kappa shape index (κ3) is 7.51. The average Bonchev–Trinajstić information content (AvgIpc) is 2.82. The lowest BCUT2D eigenvalue weighted by Crippen LogP contribution is -2.53. The monoisotopic (exact) mass is 520 g/mol. The Hall–Kier alpha value is -2.98. The highest BCUT2D eigenvalue weighted by Gasteiger charge is 2.34. The molecule has 1 unspecified atom stereocenters. The maximum absolute atomic E-state index is 14.7. The number of hydrogen-bond acceptors (Lipinski definition) is 4. The van der Waals surface area contributed by atoms with E-state index in [9.17, 15) is 22.4 Å². The Labute approximate surface area is 214 Å². The summed E-state index contributed by atoms with van der Waals surface area (Å²) in [4.78, 5) is 28.2. The minimum atomic E-state index is -4.22. The van der Waals surface area contributed by atoms with Crippen molar-refractivity contribution < 1.29 is 22.4 Å². The third-order valence-electron chi connectivity index (χ3n) is 5.68. The van der Waals surface area contributed by atoms with Crippen LogP contribution < -0.4 is 9.62 Å². The molecule has 0 aliphatic carbocycles. The van der Waals surface area contributed by atoms with Crippen molar-refractivity contribution >= 4 is 27.7 Å². The molecule has 0 fully saturated rings. The van der Waals surface area contributed by atoms with Gasteiger partial charge in [0.2, 0.25) is 11.8 Å². The van der Waals surface area contributed by atoms with Gasteiger partial charge < -0.3 is 10.2 Å². The molecule has 1 N–H and O–H groups in total. The maximum Gasteiger partial charge on any atom is 0.304 e. The molecule has 0 aromatic heterocycles. The van der Waals surface area contributed by atoms with Gasteiger partial charge in [-0.25, -0.2) is 8.70 Å². The van der Waals surface area contributed by atoms with Gasteiger partial charge in [0.05, 0.1) is 5.69 Å². The highest BCUT2D eigenvalue weighted by Crippen LogP contribution is 2.24. The molecule has 0 aliphatic heterocycles. The van der Waals surface area contributed by atoms with Crippen LogP contribution in [0.3, 0.4) is 0 Å². The van der Waals surface area contributed by atoms with Gasteiger partial charge in [-0.05, 0) is 37.0 Å². The van der Waals surface area contributed by atoms with E-state index in [0.29, 0.717) is 13.0 Å². The summed E-state index contributed by atoms with van der Waals surface area (Å²) in [7, 11) is -1.59. The number of nitrogens with one attached hydrogen (secondary N) is 1. The zero-order valence-corrected chi connectivity index (χ0v) is 22.7. The SMILES string of the molecule is CCC(C(=O)NCC(C)C)N(Cc1ccc(C)cc1)C(=O)CN(c1ccccc1F)S(=O)(=O)N(C)C. The smallest absolute Gasteiger partial charge is 0.304 e. The highest BCUT2D eigenvalue weighted by atomic mass is 32.2. The van der Waals surface area contributed by atoms with Crippen molar-refractivity contribution in [3.63, 3.8) is 0 Å². The van der Waals surface area contributed by atoms with E-state index < -0.39 is 34.5 Å². The fourth-order valence-corrected chi connectivity index (χ4v) is 4.65. The van der Waals surface area contributed by atoms with Crippen LogP contribution in [0.15, 0.2) is 48.5 Å². The van der Waals surface area contributed by atoms with Crippen molar-refractivity contribution in [1.82, 2.24) is 14.5 Å². The number of anilines is 1. The summed E-state index contributed by atoms with van der Waals surface area (Å²) in [5.74, 6) is -1.49. The largest absolute Gasteiger partial charge is 0.354 e. The Kier molecular flexibility index (Phi) is 10.4. The van der Waals surface area contributed by atoms with Gasteiger partial charge >= 0.3 is 10.2 Å². The molecule has 1 atom stereocenters. The second kappa shape index (κ2) is 12.8. The van der Waals surface area contributed by atoms with E-state index in [1.807, 2.05) is 45.0 Å². The lowest BCUT2D eigenvalue weighted by molar-refractivity contribution is -0.140. The van der Waals surface area contributed by atoms with E-state index in [4.69, 9.17) is 0 Å². The normalized spacial score (nSPS) is 12.5. The van der Waals surface area contributed by atoms with Crippen molar-refractivity contribution in [2.24, 2.45) is 5.92 Å². The molecule has 0 heterocycles. The van der Waals surface area contributed by atoms with E-state index in [2.05, 4.69) is 5.32 Å². The summed E-state index contributed by atoms with van der Waals surface area (Å²) in [5, 5.41) is 2.87. The maximum atomic E-state index is 14.7. The molecule has 36 heavy (non-hydrogen) atoms. The van der Waals surface area contributed by atoms with Gasteiger partial charge in [0.15, 0.2) is 0 Å². The van der Waals surface area contributed by atoms with Crippen LogP contribution in [0.25, 0.3) is 0 Å². The van der Waals surface area contributed by atoms with Gasteiger partial charge in [0, 0.05) is 27.2 Å². The van der Waals surface area contributed by atoms with Crippen molar-refractivity contribution in [1.29, 1.82) is 0 Å². The first-order chi connectivity index (χ1) is 16.9. The highest BCUT2D eigenvalue weighted by molar-refractivity contribution is 7.90. The first-order valence-electron chi connectivity index (χ1n) is 12.0. The Balaban J connectivity index is 2.49. The molecule has 0 radical (unpaired) electrons. The van der Waals surface area contributed by atoms with E-state index in [-0.39, 0.29) is 24.1 Å². The fourth-order valence-electron chi connectivity index (χ4n) is 3.59. The van der Waals surface area contributed by atoms with Gasteiger partial charge in [-0.15, -0.1) is 0 Å². The quantitative estimate of drug-likeness (QED) is 0.465. The van der Waals surface area contributed by atoms with Gasteiger partial charge in [-0.3, -0.25) is 9.59 Å². The second-order valence-corrected chi connectivity index (χ2v) is 11.4. The number of carbonyl (C=O) groups excluding carboxylic acids is 2. The molecule has 2 rings (SSSR count). The Morgan fingerprint density at radius 3 is 2.17 bits per heavy atom. The zero-order valence-electron chi connectivity index (χ0n) is 21.9. The molecule has 0 saturated carbocycles. The predicted molar refractivity (Wildman–Crippen MR) is 140 cm³/mol. The molecule has 0 bridgehead atoms. The van der Waals surface area contributed by atoms with Crippen LogP contribution in [0.1, 0.15) is 38.3 Å². The molecular weight excluding hydrogens is 483 g/mol. The molecule has 10 heteroatoms. The zero-order chi connectivity index (χ0) is 27.0. The van der Waals surface area contributed by atoms with E-state index in [1.165, 1.54) is 37.2 Å². The minimum absolute atomic E-state index is 0.0971. The standard InChI is InChI=1S/C26H37FN4O4S/c1-7-23(26(33)28-16-19(2)3)30(17-21-14-12-20(4)13-15-21)25(32)18-31(36(34,35)29(5)6)24-11-9-8-10-22(24)27/h8-15,19,23H,7,16-18H2,1-6H3,(H,28,33). The lowest BCUT2D eigenvalue weighted by Gasteiger charge is -2.34. The van der Waals surface area contributed by atoms with Crippen molar-refractivity contribution in [3.8, 4) is 0 Å². The minimum Gasteiger partial charge on any atom is -0.354 e. The van der Waals surface area contributed by atoms with Gasteiger partial charge in [0.25, 0.3) is 0 Å². The van der Waals surface area contributed by atoms with Crippen molar-refractivity contribution in [3.05, 3.63) is 65.5 Å². The van der Waals surface area contributed by atoms with Crippen molar-refractivity contribution in [2.45, 2.75) is 46.7 Å². The summed E-state index contributed by atoms with van der Waals surface area (Å²) in [6.45, 7) is 7.54. The van der Waals surface area contributed by atoms with Crippen LogP contribution in [0.4, 0.5) is 10.1 Å². The summed E-state index contributed by atoms with van der Waals surface area (Å²) in [6, 6.07) is 12.1. The topological polar surface area (TPSA) is 90.0 Å². The van der Waals surface area contributed by atoms with E-state index in [0.717, 1.165) is 25.8 Å². The summed E-state index contributed by atoms with van der Waals surface area (Å²) >= 11 is 0. The average molecular weight is 521 g/mol. The first-order valence-corrected chi connectivity index (χ1v) is 13.4. The number of halogens is 1. The summed E-state index contributed by atoms with van der Waals surface area (Å²) < 4.78 is 42.6. The first kappa shape index (κ1) is 29.3. The molecule has 8 nitrogen and oxygen atoms in total. The van der Waals surface area contributed by atoms with Crippen LogP contribution in [0, 0.1) is 18.7 Å². The fraction of sp³-hybridized carbons (Fsp3) is 0.462. The van der Waals surface area contributed by atoms with Crippen LogP contribution in [-0.2, 0) is 26.3 Å². The van der Waals surface area contributed by atoms with E-state index >= 15 is 0 Å². The number of amides is 2. The van der Waals surface area contributed by atoms with Crippen LogP contribution in [-0.4, -0.2) is 62.7 Å². The molecule has 2 amide bonds. The van der Waals surface area contributed by atoms with Gasteiger partial charge in [-0.1, -0.05) is 62.7 Å². The molecule has 2 aromatic carbocycles. The summed E-state index contributed by atoms with van der Waals surface area (Å²) in [6.07, 6.45) is 0.321. The van der Waals surface area contributed by atoms with Gasteiger partial charge in [0.1, 0.15) is 18.4 Å². The number of rotatable bonds is 12. The lowest BCUT2D eigenvalue weighted by atomic mass is 10.1. The van der Waals surface area contributed by atoms with Crippen LogP contribution in [0.5, 0.6) is 0 Å². The Morgan fingerprint density at radius 1 is 1.03 bits per heavy atom. The second-order valence-electron chi connectivity index (χ2n) is 9.32. The molecular formula is C26H37FN4O4S. The number of carbonyl (C=O) groups is 2. The van der Waals surface area contributed by atoms with E-state index in [1.54, 1.807) is 6.92 Å². The summed E-state index contributed by atoms with van der Waals surface area (Å²) in [5.41, 5.74) is 1.59. The Bertz CT molecular complexity index is 1140. The number of benzene rings is 2.